The Bertz CT molecular complexity index is 737. The van der Waals surface area contributed by atoms with Crippen LogP contribution in [0.2, 0.25) is 0 Å². The molecule has 1 aliphatic heterocycles. The van der Waals surface area contributed by atoms with Gasteiger partial charge in [-0.05, 0) is 24.8 Å². The molecule has 1 atom stereocenters. The van der Waals surface area contributed by atoms with Crippen LogP contribution in [0.25, 0.3) is 0 Å². The molecule has 0 aromatic heterocycles. The van der Waals surface area contributed by atoms with E-state index in [9.17, 15) is 9.59 Å². The summed E-state index contributed by atoms with van der Waals surface area (Å²) in [6.07, 6.45) is 7.10. The Balaban J connectivity index is 0.00000363. The minimum Gasteiger partial charge on any atom is -0.356 e. The van der Waals surface area contributed by atoms with Gasteiger partial charge in [-0.25, -0.2) is 0 Å². The molecule has 2 amide bonds. The van der Waals surface area contributed by atoms with Gasteiger partial charge in [-0.15, -0.1) is 24.0 Å². The molecule has 0 bridgehead atoms. The van der Waals surface area contributed by atoms with Gasteiger partial charge in [-0.1, -0.05) is 49.6 Å². The van der Waals surface area contributed by atoms with E-state index in [1.165, 1.54) is 24.8 Å². The maximum Gasteiger partial charge on any atom is 0.223 e. The smallest absolute Gasteiger partial charge is 0.223 e. The Kier molecular flexibility index (Phi) is 11.8. The predicted octanol–water partition coefficient (Wildman–Crippen LogP) is 2.56. The summed E-state index contributed by atoms with van der Waals surface area (Å²) in [5, 5.41) is 9.60. The van der Waals surface area contributed by atoms with Crippen LogP contribution in [-0.4, -0.2) is 62.4 Å². The quantitative estimate of drug-likeness (QED) is 0.189. The fraction of sp³-hybridized carbons (Fsp3) is 0.625. The van der Waals surface area contributed by atoms with Gasteiger partial charge >= 0.3 is 0 Å². The molecule has 8 heteroatoms. The second kappa shape index (κ2) is 14.3. The lowest BCUT2D eigenvalue weighted by atomic mass is 9.89. The molecule has 3 N–H and O–H groups in total. The van der Waals surface area contributed by atoms with E-state index >= 15 is 0 Å². The van der Waals surface area contributed by atoms with Crippen LogP contribution in [0.1, 0.15) is 44.1 Å². The largest absolute Gasteiger partial charge is 0.356 e. The summed E-state index contributed by atoms with van der Waals surface area (Å²) in [6.45, 7) is 3.48. The molecule has 0 radical (unpaired) electrons. The first-order valence-electron chi connectivity index (χ1n) is 11.7. The number of nitrogens with zero attached hydrogens (tertiary/aromatic N) is 2. The summed E-state index contributed by atoms with van der Waals surface area (Å²) < 4.78 is 0. The number of likely N-dealkylation sites (tertiary alicyclic amines) is 1. The topological polar surface area (TPSA) is 85.8 Å². The van der Waals surface area contributed by atoms with E-state index in [2.05, 4.69) is 33.1 Å². The Morgan fingerprint density at radius 2 is 1.78 bits per heavy atom. The molecule has 1 aliphatic carbocycles. The standard InChI is InChI=1S/C24H37N5O2.HI/c1-25-24(27-14-13-26-23(31)21-10-6-3-7-11-21)28-17-20-16-22(30)29(18-20)15-12-19-8-4-2-5-9-19;/h2,4-5,8-9,20-21H,3,6-7,10-18H2,1H3,(H,26,31)(H2,25,27,28);1H. The van der Waals surface area contributed by atoms with Crippen LogP contribution in [0.4, 0.5) is 0 Å². The Labute approximate surface area is 209 Å². The van der Waals surface area contributed by atoms with Gasteiger partial charge in [0.2, 0.25) is 11.8 Å². The van der Waals surface area contributed by atoms with Gasteiger partial charge in [0.05, 0.1) is 0 Å². The first-order chi connectivity index (χ1) is 15.2. The molecular formula is C24H38IN5O2. The van der Waals surface area contributed by atoms with Gasteiger partial charge in [0.1, 0.15) is 0 Å². The first-order valence-corrected chi connectivity index (χ1v) is 11.7. The monoisotopic (exact) mass is 555 g/mol. The van der Waals surface area contributed by atoms with Crippen LogP contribution in [0.3, 0.4) is 0 Å². The fourth-order valence-corrected chi connectivity index (χ4v) is 4.45. The van der Waals surface area contributed by atoms with Gasteiger partial charge in [-0.3, -0.25) is 14.6 Å². The summed E-state index contributed by atoms with van der Waals surface area (Å²) >= 11 is 0. The molecule has 1 saturated heterocycles. The van der Waals surface area contributed by atoms with Crippen LogP contribution < -0.4 is 16.0 Å². The van der Waals surface area contributed by atoms with Gasteiger partial charge < -0.3 is 20.9 Å². The van der Waals surface area contributed by atoms with Crippen molar-refractivity contribution in [3.05, 3.63) is 35.9 Å². The number of carbonyl (C=O) groups is 2. The summed E-state index contributed by atoms with van der Waals surface area (Å²) in [6, 6.07) is 10.3. The number of hydrogen-bond acceptors (Lipinski definition) is 3. The van der Waals surface area contributed by atoms with Crippen LogP contribution in [0.15, 0.2) is 35.3 Å². The van der Waals surface area contributed by atoms with Crippen molar-refractivity contribution in [1.82, 2.24) is 20.9 Å². The third-order valence-corrected chi connectivity index (χ3v) is 6.28. The Hall–Kier alpha value is -1.84. The number of rotatable bonds is 9. The number of guanidine groups is 1. The first kappa shape index (κ1) is 26.4. The SMILES string of the molecule is CN=C(NCCNC(=O)C1CCCCC1)NCC1CC(=O)N(CCc2ccccc2)C1.I. The minimum absolute atomic E-state index is 0. The zero-order valence-electron chi connectivity index (χ0n) is 19.1. The highest BCUT2D eigenvalue weighted by Gasteiger charge is 2.29. The van der Waals surface area contributed by atoms with Crippen molar-refractivity contribution in [1.29, 1.82) is 0 Å². The Morgan fingerprint density at radius 3 is 2.50 bits per heavy atom. The number of nitrogens with one attached hydrogen (secondary N) is 3. The normalized spacial score (nSPS) is 19.4. The molecule has 178 valence electrons. The van der Waals surface area contributed by atoms with Gasteiger partial charge in [0, 0.05) is 58.0 Å². The molecule has 2 fully saturated rings. The Morgan fingerprint density at radius 1 is 1.06 bits per heavy atom. The third-order valence-electron chi connectivity index (χ3n) is 6.28. The van der Waals surface area contributed by atoms with Crippen LogP contribution >= 0.6 is 24.0 Å². The number of hydrogen-bond donors (Lipinski definition) is 3. The van der Waals surface area contributed by atoms with Crippen molar-refractivity contribution in [2.24, 2.45) is 16.8 Å². The van der Waals surface area contributed by atoms with Crippen molar-refractivity contribution >= 4 is 41.8 Å². The highest BCUT2D eigenvalue weighted by molar-refractivity contribution is 14.0. The van der Waals surface area contributed by atoms with Crippen LogP contribution in [0.5, 0.6) is 0 Å². The fourth-order valence-electron chi connectivity index (χ4n) is 4.45. The summed E-state index contributed by atoms with van der Waals surface area (Å²) in [5.74, 6) is 1.60. The summed E-state index contributed by atoms with van der Waals surface area (Å²) in [4.78, 5) is 30.8. The minimum atomic E-state index is 0. The second-order valence-corrected chi connectivity index (χ2v) is 8.65. The predicted molar refractivity (Wildman–Crippen MR) is 139 cm³/mol. The lowest BCUT2D eigenvalue weighted by molar-refractivity contribution is -0.128. The molecule has 1 aromatic rings. The molecule has 3 rings (SSSR count). The van der Waals surface area contributed by atoms with Crippen molar-refractivity contribution in [3.63, 3.8) is 0 Å². The van der Waals surface area contributed by atoms with E-state index in [1.807, 2.05) is 23.1 Å². The highest BCUT2D eigenvalue weighted by Crippen LogP contribution is 2.23. The van der Waals surface area contributed by atoms with Gasteiger partial charge in [-0.2, -0.15) is 0 Å². The second-order valence-electron chi connectivity index (χ2n) is 8.65. The molecule has 7 nitrogen and oxygen atoms in total. The number of amides is 2. The molecule has 1 unspecified atom stereocenters. The molecule has 1 heterocycles. The highest BCUT2D eigenvalue weighted by atomic mass is 127. The molecular weight excluding hydrogens is 517 g/mol. The zero-order chi connectivity index (χ0) is 21.9. The van der Waals surface area contributed by atoms with E-state index in [0.29, 0.717) is 32.0 Å². The average molecular weight is 556 g/mol. The number of halogens is 1. The van der Waals surface area contributed by atoms with Crippen molar-refractivity contribution in [3.8, 4) is 0 Å². The van der Waals surface area contributed by atoms with E-state index in [4.69, 9.17) is 0 Å². The van der Waals surface area contributed by atoms with Crippen molar-refractivity contribution < 1.29 is 9.59 Å². The van der Waals surface area contributed by atoms with Gasteiger partial charge in [0.15, 0.2) is 5.96 Å². The van der Waals surface area contributed by atoms with E-state index in [-0.39, 0.29) is 47.6 Å². The van der Waals surface area contributed by atoms with Gasteiger partial charge in [0.25, 0.3) is 0 Å². The third kappa shape index (κ3) is 8.60. The maximum absolute atomic E-state index is 12.3. The van der Waals surface area contributed by atoms with Crippen molar-refractivity contribution in [2.45, 2.75) is 44.9 Å². The molecule has 32 heavy (non-hydrogen) atoms. The lowest BCUT2D eigenvalue weighted by Gasteiger charge is -2.21. The number of aliphatic imine (C=N–C) groups is 1. The summed E-state index contributed by atoms with van der Waals surface area (Å²) in [5.41, 5.74) is 1.26. The van der Waals surface area contributed by atoms with Crippen molar-refractivity contribution in [2.75, 3.05) is 39.8 Å². The zero-order valence-corrected chi connectivity index (χ0v) is 21.5. The van der Waals surface area contributed by atoms with E-state index in [0.717, 1.165) is 32.4 Å². The molecule has 0 spiro atoms. The number of carbonyl (C=O) groups excluding carboxylic acids is 2. The van der Waals surface area contributed by atoms with E-state index in [1.54, 1.807) is 7.05 Å². The molecule has 1 saturated carbocycles. The molecule has 2 aliphatic rings. The maximum atomic E-state index is 12.3. The van der Waals surface area contributed by atoms with E-state index < -0.39 is 0 Å². The average Bonchev–Trinajstić information content (AvgIpc) is 3.17. The number of benzene rings is 1. The molecule has 1 aromatic carbocycles. The van der Waals surface area contributed by atoms with Crippen LogP contribution in [0, 0.1) is 11.8 Å². The van der Waals surface area contributed by atoms with Crippen LogP contribution in [-0.2, 0) is 16.0 Å². The lowest BCUT2D eigenvalue weighted by Crippen LogP contribution is -2.44. The summed E-state index contributed by atoms with van der Waals surface area (Å²) in [7, 11) is 1.74.